The summed E-state index contributed by atoms with van der Waals surface area (Å²) in [6.45, 7) is 18.9. The summed E-state index contributed by atoms with van der Waals surface area (Å²) < 4.78 is 5.99. The molecule has 14 nitrogen and oxygen atoms in total. The molecule has 2 heterocycles. The van der Waals surface area contributed by atoms with Crippen LogP contribution in [-0.2, 0) is 25.5 Å². The van der Waals surface area contributed by atoms with E-state index in [4.69, 9.17) is 9.72 Å². The van der Waals surface area contributed by atoms with Crippen LogP contribution in [0.4, 0.5) is 10.5 Å². The van der Waals surface area contributed by atoms with Crippen LogP contribution in [-0.4, -0.2) is 107 Å². The van der Waals surface area contributed by atoms with Gasteiger partial charge in [-0.2, -0.15) is 0 Å². The number of anilines is 1. The van der Waals surface area contributed by atoms with Gasteiger partial charge in [0.05, 0.1) is 11.5 Å². The zero-order chi connectivity index (χ0) is 46.1. The van der Waals surface area contributed by atoms with E-state index in [0.29, 0.717) is 24.4 Å². The van der Waals surface area contributed by atoms with Gasteiger partial charge in [0.2, 0.25) is 11.8 Å². The van der Waals surface area contributed by atoms with Crippen molar-refractivity contribution >= 4 is 46.8 Å². The van der Waals surface area contributed by atoms with E-state index in [0.717, 1.165) is 62.7 Å². The largest absolute Gasteiger partial charge is 0.481 e. The van der Waals surface area contributed by atoms with Gasteiger partial charge in [0.1, 0.15) is 16.7 Å². The molecule has 4 amide bonds. The van der Waals surface area contributed by atoms with Crippen LogP contribution in [0.3, 0.4) is 0 Å². The molecule has 6 atom stereocenters. The van der Waals surface area contributed by atoms with Crippen LogP contribution in [0.5, 0.6) is 0 Å². The second kappa shape index (κ2) is 25.2. The van der Waals surface area contributed by atoms with Crippen molar-refractivity contribution in [2.45, 2.75) is 169 Å². The number of carboxylic acids is 1. The highest BCUT2D eigenvalue weighted by Gasteiger charge is 2.39. The molecule has 1 aliphatic rings. The lowest BCUT2D eigenvalue weighted by Gasteiger charge is -2.40. The van der Waals surface area contributed by atoms with E-state index in [1.54, 1.807) is 19.2 Å². The van der Waals surface area contributed by atoms with Crippen molar-refractivity contribution in [3.05, 3.63) is 45.9 Å². The summed E-state index contributed by atoms with van der Waals surface area (Å²) in [6.07, 6.45) is 6.41. The van der Waals surface area contributed by atoms with E-state index in [1.165, 1.54) is 18.4 Å². The molecule has 1 aromatic heterocycles. The number of ether oxygens (including phenoxy) is 1. The Labute approximate surface area is 375 Å². The third-order valence-electron chi connectivity index (χ3n) is 12.1. The lowest BCUT2D eigenvalue weighted by Crippen LogP contribution is -2.59. The standard InChI is InChI=1S/C47H77N7O7S/c1-12-14-15-17-25-54(44(57)40(32(7)13-2)52-42(56)37-19-16-18-24-53(37)11)38(30(3)4)27-39(61-46(60)48-10)43-51-36(29-62-43)41(55)50-35(28-47(8,9)45(58)59)26-33-20-22-34(23-21-33)49-31(5)6/h20-23,29-32,35,37-40,49H,12-19,24-28H2,1-11H3,(H,48,60)(H,50,55)(H,52,56)(H,58,59)/t32-,35-,37+,38+,39+,40-/m0/s1. The SMILES string of the molecule is CCCCCCN(C(=O)[C@@H](NC(=O)[C@H]1CCCCN1C)[C@@H](C)CC)[C@H](C[C@@H](OC(=O)NC)c1nc(C(=O)N[C@@H](Cc2ccc(NC(C)C)cc2)CC(C)(C)C(=O)O)cs1)C(C)C. The molecule has 5 N–H and O–H groups in total. The molecule has 0 aliphatic carbocycles. The first-order valence-corrected chi connectivity index (χ1v) is 23.7. The highest BCUT2D eigenvalue weighted by molar-refractivity contribution is 7.09. The highest BCUT2D eigenvalue weighted by Crippen LogP contribution is 2.32. The number of piperidine rings is 1. The summed E-state index contributed by atoms with van der Waals surface area (Å²) in [6, 6.07) is 6.16. The zero-order valence-electron chi connectivity index (χ0n) is 39.3. The number of rotatable bonds is 25. The number of likely N-dealkylation sites (tertiary alicyclic amines) is 1. The number of hydrogen-bond acceptors (Lipinski definition) is 10. The molecule has 0 saturated carbocycles. The number of carboxylic acid groups (broad SMARTS) is 1. The number of alkyl carbamates (subject to hydrolysis) is 1. The van der Waals surface area contributed by atoms with E-state index in [9.17, 15) is 29.1 Å². The molecule has 3 rings (SSSR count). The minimum Gasteiger partial charge on any atom is -0.481 e. The van der Waals surface area contributed by atoms with Crippen LogP contribution >= 0.6 is 11.3 Å². The number of carbonyl (C=O) groups is 5. The first-order chi connectivity index (χ1) is 29.3. The summed E-state index contributed by atoms with van der Waals surface area (Å²) in [4.78, 5) is 76.5. The van der Waals surface area contributed by atoms with Gasteiger partial charge in [0, 0.05) is 49.2 Å². The molecule has 1 saturated heterocycles. The Morgan fingerprint density at radius 1 is 1.00 bits per heavy atom. The smallest absolute Gasteiger partial charge is 0.407 e. The van der Waals surface area contributed by atoms with Gasteiger partial charge in [0.15, 0.2) is 6.10 Å². The van der Waals surface area contributed by atoms with E-state index in [2.05, 4.69) is 46.9 Å². The number of aromatic nitrogens is 1. The summed E-state index contributed by atoms with van der Waals surface area (Å²) in [5, 5.41) is 24.2. The van der Waals surface area contributed by atoms with Gasteiger partial charge in [0.25, 0.3) is 5.91 Å². The lowest BCUT2D eigenvalue weighted by molar-refractivity contribution is -0.147. The molecule has 1 aliphatic heterocycles. The Morgan fingerprint density at radius 2 is 1.69 bits per heavy atom. The van der Waals surface area contributed by atoms with Crippen molar-refractivity contribution in [1.29, 1.82) is 0 Å². The number of aliphatic carboxylic acids is 1. The van der Waals surface area contributed by atoms with Crippen LogP contribution in [0.15, 0.2) is 29.6 Å². The number of carbonyl (C=O) groups excluding carboxylic acids is 4. The molecule has 1 aromatic carbocycles. The van der Waals surface area contributed by atoms with Gasteiger partial charge >= 0.3 is 12.1 Å². The predicted octanol–water partition coefficient (Wildman–Crippen LogP) is 8.04. The highest BCUT2D eigenvalue weighted by atomic mass is 32.1. The first kappa shape index (κ1) is 52.1. The average Bonchev–Trinajstić information content (AvgIpc) is 3.72. The lowest BCUT2D eigenvalue weighted by atomic mass is 9.84. The van der Waals surface area contributed by atoms with Gasteiger partial charge in [-0.15, -0.1) is 11.3 Å². The molecule has 62 heavy (non-hydrogen) atoms. The van der Waals surface area contributed by atoms with Gasteiger partial charge in [-0.1, -0.05) is 78.9 Å². The third-order valence-corrected chi connectivity index (χ3v) is 13.0. The van der Waals surface area contributed by atoms with Crippen molar-refractivity contribution in [2.75, 3.05) is 32.5 Å². The maximum Gasteiger partial charge on any atom is 0.407 e. The average molecular weight is 884 g/mol. The molecule has 348 valence electrons. The van der Waals surface area contributed by atoms with Crippen LogP contribution in [0.25, 0.3) is 0 Å². The number of amides is 4. The van der Waals surface area contributed by atoms with Crippen LogP contribution in [0.2, 0.25) is 0 Å². The number of thiazole rings is 1. The first-order valence-electron chi connectivity index (χ1n) is 22.9. The van der Waals surface area contributed by atoms with Crippen molar-refractivity contribution < 1.29 is 33.8 Å². The Hall–Kier alpha value is -4.24. The molecule has 2 aromatic rings. The van der Waals surface area contributed by atoms with Gasteiger partial charge < -0.3 is 36.0 Å². The Balaban J connectivity index is 1.96. The number of benzene rings is 1. The molecule has 1 fully saturated rings. The van der Waals surface area contributed by atoms with E-state index < -0.39 is 47.6 Å². The van der Waals surface area contributed by atoms with E-state index >= 15 is 0 Å². The van der Waals surface area contributed by atoms with Crippen LogP contribution < -0.4 is 21.3 Å². The van der Waals surface area contributed by atoms with Crippen molar-refractivity contribution in [3.63, 3.8) is 0 Å². The van der Waals surface area contributed by atoms with E-state index in [-0.39, 0.29) is 54.3 Å². The monoisotopic (exact) mass is 884 g/mol. The fraction of sp³-hybridized carbons (Fsp3) is 0.702. The summed E-state index contributed by atoms with van der Waals surface area (Å²) >= 11 is 1.19. The molecule has 15 heteroatoms. The van der Waals surface area contributed by atoms with Crippen LogP contribution in [0.1, 0.15) is 154 Å². The number of likely N-dealkylation sites (N-methyl/N-ethyl adjacent to an activating group) is 1. The second-order valence-electron chi connectivity index (χ2n) is 18.5. The third kappa shape index (κ3) is 15.8. The van der Waals surface area contributed by atoms with Crippen molar-refractivity contribution in [2.24, 2.45) is 17.3 Å². The number of unbranched alkanes of at least 4 members (excludes halogenated alkanes) is 3. The molecule has 0 unspecified atom stereocenters. The number of nitrogens with one attached hydrogen (secondary N) is 4. The molecule has 0 radical (unpaired) electrons. The Morgan fingerprint density at radius 3 is 2.27 bits per heavy atom. The summed E-state index contributed by atoms with van der Waals surface area (Å²) in [5.74, 6) is -1.92. The normalized spacial score (nSPS) is 17.1. The van der Waals surface area contributed by atoms with Crippen LogP contribution in [0, 0.1) is 17.3 Å². The summed E-state index contributed by atoms with van der Waals surface area (Å²) in [5.41, 5.74) is 0.901. The maximum atomic E-state index is 14.9. The Kier molecular flexibility index (Phi) is 21.1. The summed E-state index contributed by atoms with van der Waals surface area (Å²) in [7, 11) is 3.43. The molecule has 0 bridgehead atoms. The number of nitrogens with zero attached hydrogens (tertiary/aromatic N) is 3. The van der Waals surface area contributed by atoms with Gasteiger partial charge in [-0.25, -0.2) is 9.78 Å². The van der Waals surface area contributed by atoms with Gasteiger partial charge in [-0.3, -0.25) is 24.1 Å². The molecular formula is C47H77N7O7S. The zero-order valence-corrected chi connectivity index (χ0v) is 40.2. The quantitative estimate of drug-likeness (QED) is 0.0613. The minimum absolute atomic E-state index is 0.0741. The maximum absolute atomic E-state index is 14.9. The second-order valence-corrected chi connectivity index (χ2v) is 19.4. The topological polar surface area (TPSA) is 182 Å². The fourth-order valence-electron chi connectivity index (χ4n) is 8.06. The minimum atomic E-state index is -1.12. The van der Waals surface area contributed by atoms with E-state index in [1.807, 2.05) is 63.9 Å². The predicted molar refractivity (Wildman–Crippen MR) is 247 cm³/mol. The van der Waals surface area contributed by atoms with Crippen molar-refractivity contribution in [3.8, 4) is 0 Å². The Bertz CT molecular complexity index is 1730. The van der Waals surface area contributed by atoms with Crippen molar-refractivity contribution in [1.82, 2.24) is 30.7 Å². The number of hydrogen-bond donors (Lipinski definition) is 5. The molecule has 0 spiro atoms. The fourth-order valence-corrected chi connectivity index (χ4v) is 8.90. The van der Waals surface area contributed by atoms with Gasteiger partial charge in [-0.05, 0) is 103 Å². The molecular weight excluding hydrogens is 807 g/mol.